The van der Waals surface area contributed by atoms with Crippen molar-refractivity contribution in [3.8, 4) is 0 Å². The molecule has 3 heterocycles. The van der Waals surface area contributed by atoms with Gasteiger partial charge in [-0.3, -0.25) is 47.9 Å². The van der Waals surface area contributed by atoms with E-state index in [2.05, 4.69) is 5.32 Å². The van der Waals surface area contributed by atoms with Gasteiger partial charge in [-0.2, -0.15) is 0 Å². The predicted octanol–water partition coefficient (Wildman–Crippen LogP) is -2.29. The zero-order valence-electron chi connectivity index (χ0n) is 36.5. The lowest BCUT2D eigenvalue weighted by molar-refractivity contribution is -0.370. The normalized spacial score (nSPS) is 32.3. The molecule has 0 bridgehead atoms. The Morgan fingerprint density at radius 1 is 0.391 bits per heavy atom. The van der Waals surface area contributed by atoms with Gasteiger partial charge in [0.1, 0.15) is 50.3 Å². The lowest BCUT2D eigenvalue weighted by Gasteiger charge is -2.50. The molecule has 1 amide bonds. The Morgan fingerprint density at radius 3 is 1.12 bits per heavy atom. The monoisotopic (exact) mass is 923 g/mol. The van der Waals surface area contributed by atoms with Crippen LogP contribution in [0.5, 0.6) is 0 Å². The first-order chi connectivity index (χ1) is 29.9. The van der Waals surface area contributed by atoms with Crippen LogP contribution in [0.3, 0.4) is 0 Å². The maximum Gasteiger partial charge on any atom is 0.303 e. The summed E-state index contributed by atoms with van der Waals surface area (Å²) in [6.07, 6.45) is -24.7. The van der Waals surface area contributed by atoms with E-state index in [0.29, 0.717) is 0 Å². The number of carbonyl (C=O) groups excluding carboxylic acids is 10. The molecule has 3 aliphatic rings. The van der Waals surface area contributed by atoms with Crippen LogP contribution < -0.4 is 5.32 Å². The van der Waals surface area contributed by atoms with Gasteiger partial charge >= 0.3 is 53.7 Å². The second-order valence-electron chi connectivity index (χ2n) is 14.4. The van der Waals surface area contributed by atoms with Crippen molar-refractivity contribution < 1.29 is 119 Å². The molecule has 0 aliphatic carbocycles. The SMILES string of the molecule is CC(=O)N[C@H]1[C@H](O[C@H]2[C@@H](OC(C)=O)[C@H](OC(C)=O)[C@@H](COC(C)=O)O[C@@H]2O)O[C@H](COC(C)=O)[C@@H](O[C@@H]2O[C@H](COC(C)=O)[C@H](OC(C)=O)[C@H](OC(C)=O)[C@H]2OC(C)=O)[C@@H]1OC(C)=O. The first kappa shape index (κ1) is 52.8. The number of hydrogen-bond donors (Lipinski definition) is 2. The van der Waals surface area contributed by atoms with Crippen molar-refractivity contribution in [2.24, 2.45) is 0 Å². The zero-order valence-corrected chi connectivity index (χ0v) is 36.5. The van der Waals surface area contributed by atoms with Gasteiger partial charge in [-0.1, -0.05) is 0 Å². The van der Waals surface area contributed by atoms with Crippen LogP contribution in [-0.4, -0.2) is 177 Å². The van der Waals surface area contributed by atoms with Gasteiger partial charge in [0.15, 0.2) is 61.6 Å². The van der Waals surface area contributed by atoms with E-state index in [1.165, 1.54) is 0 Å². The van der Waals surface area contributed by atoms with Crippen molar-refractivity contribution in [2.75, 3.05) is 19.8 Å². The van der Waals surface area contributed by atoms with Crippen molar-refractivity contribution in [1.29, 1.82) is 0 Å². The lowest BCUT2D eigenvalue weighted by Crippen LogP contribution is -2.70. The third kappa shape index (κ3) is 15.6. The second kappa shape index (κ2) is 23.9. The van der Waals surface area contributed by atoms with E-state index in [1.807, 2.05) is 0 Å². The van der Waals surface area contributed by atoms with E-state index in [0.717, 1.165) is 69.2 Å². The van der Waals surface area contributed by atoms with Crippen molar-refractivity contribution in [2.45, 2.75) is 161 Å². The molecule has 3 aliphatic heterocycles. The predicted molar refractivity (Wildman–Crippen MR) is 199 cm³/mol. The number of hydrogen-bond acceptors (Lipinski definition) is 25. The summed E-state index contributed by atoms with van der Waals surface area (Å²) < 4.78 is 78.8. The summed E-state index contributed by atoms with van der Waals surface area (Å²) in [5.74, 6) is -9.15. The Labute approximate surface area is 365 Å². The Bertz CT molecular complexity index is 1740. The molecule has 26 nitrogen and oxygen atoms in total. The number of nitrogens with one attached hydrogen (secondary N) is 1. The van der Waals surface area contributed by atoms with Crippen LogP contribution in [0.25, 0.3) is 0 Å². The van der Waals surface area contributed by atoms with Gasteiger partial charge in [-0.15, -0.1) is 0 Å². The van der Waals surface area contributed by atoms with Crippen molar-refractivity contribution in [3.63, 3.8) is 0 Å². The van der Waals surface area contributed by atoms with E-state index < -0.39 is 172 Å². The summed E-state index contributed by atoms with van der Waals surface area (Å²) in [4.78, 5) is 124. The van der Waals surface area contributed by atoms with Gasteiger partial charge in [0, 0.05) is 69.2 Å². The third-order valence-corrected chi connectivity index (χ3v) is 8.96. The molecule has 0 radical (unpaired) electrons. The number of amides is 1. The number of ether oxygens (including phenoxy) is 14. The maximum atomic E-state index is 12.9. The fourth-order valence-electron chi connectivity index (χ4n) is 6.88. The van der Waals surface area contributed by atoms with Gasteiger partial charge in [0.05, 0.1) is 0 Å². The highest BCUT2D eigenvalue weighted by atomic mass is 16.8. The summed E-state index contributed by atoms with van der Waals surface area (Å²) in [6.45, 7) is 8.03. The third-order valence-electron chi connectivity index (χ3n) is 8.96. The van der Waals surface area contributed by atoms with Gasteiger partial charge in [0.2, 0.25) is 5.91 Å². The molecular weight excluding hydrogens is 870 g/mol. The first-order valence-electron chi connectivity index (χ1n) is 19.5. The number of aliphatic hydroxyl groups is 1. The van der Waals surface area contributed by atoms with Crippen LogP contribution in [0, 0.1) is 0 Å². The molecule has 0 saturated carbocycles. The minimum absolute atomic E-state index is 0.611. The van der Waals surface area contributed by atoms with E-state index in [9.17, 15) is 53.1 Å². The molecule has 3 rings (SSSR count). The van der Waals surface area contributed by atoms with Gasteiger partial charge in [-0.25, -0.2) is 0 Å². The molecule has 0 aromatic heterocycles. The molecule has 26 heteroatoms. The van der Waals surface area contributed by atoms with Crippen LogP contribution in [0.4, 0.5) is 0 Å². The van der Waals surface area contributed by atoms with Crippen LogP contribution in [0.15, 0.2) is 0 Å². The summed E-state index contributed by atoms with van der Waals surface area (Å²) >= 11 is 0. The van der Waals surface area contributed by atoms with Crippen LogP contribution >= 0.6 is 0 Å². The highest BCUT2D eigenvalue weighted by Gasteiger charge is 2.59. The minimum atomic E-state index is -2.11. The Morgan fingerprint density at radius 2 is 0.719 bits per heavy atom. The molecule has 64 heavy (non-hydrogen) atoms. The Hall–Kier alpha value is -5.54. The number of aliphatic hydroxyl groups excluding tert-OH is 1. The molecular formula is C38H53NO25. The molecule has 360 valence electrons. The molecule has 3 saturated heterocycles. The second-order valence-corrected chi connectivity index (χ2v) is 14.4. The molecule has 15 atom stereocenters. The summed E-state index contributed by atoms with van der Waals surface area (Å²) in [5, 5.41) is 13.8. The Kier molecular flexibility index (Phi) is 19.8. The molecule has 0 unspecified atom stereocenters. The maximum absolute atomic E-state index is 12.9. The fourth-order valence-corrected chi connectivity index (χ4v) is 6.88. The highest BCUT2D eigenvalue weighted by molar-refractivity contribution is 5.74. The average Bonchev–Trinajstić information content (AvgIpc) is 3.14. The van der Waals surface area contributed by atoms with Crippen molar-refractivity contribution in [3.05, 3.63) is 0 Å². The van der Waals surface area contributed by atoms with Crippen molar-refractivity contribution >= 4 is 59.6 Å². The average molecular weight is 924 g/mol. The Balaban J connectivity index is 2.23. The zero-order chi connectivity index (χ0) is 48.2. The largest absolute Gasteiger partial charge is 0.463 e. The summed E-state index contributed by atoms with van der Waals surface area (Å²) in [5.41, 5.74) is 0. The van der Waals surface area contributed by atoms with Crippen LogP contribution in [0.2, 0.25) is 0 Å². The topological polar surface area (TPSA) is 332 Å². The van der Waals surface area contributed by atoms with Crippen LogP contribution in [-0.2, 0) is 114 Å². The molecule has 0 aromatic carbocycles. The standard InChI is InChI=1S/C38H53NO25/c1-14(40)39-27-31(56-20(7)46)28(63-38-35(59-23(10)49)33(58-22(9)48)30(55-19(6)45)26(62-38)13-53-17(4)43)25(12-52-16(3)42)61-37(27)64-34-32(57-21(8)47)29(54-18(5)44)24(60-36(34)50)11-51-15(2)41/h24-38,50H,11-13H2,1-10H3,(H,39,40)/t24-,25-,26-,27-,28-,29-,30+,31-,32+,33+,34+,35-,36+,37+,38+/m1/s1. The first-order valence-corrected chi connectivity index (χ1v) is 19.5. The van der Waals surface area contributed by atoms with E-state index in [1.54, 1.807) is 0 Å². The molecule has 0 aromatic rings. The highest BCUT2D eigenvalue weighted by Crippen LogP contribution is 2.37. The lowest BCUT2D eigenvalue weighted by atomic mass is 9.94. The van der Waals surface area contributed by atoms with Crippen molar-refractivity contribution in [1.82, 2.24) is 5.32 Å². The summed E-state index contributed by atoms with van der Waals surface area (Å²) in [7, 11) is 0. The van der Waals surface area contributed by atoms with Gasteiger partial charge in [-0.05, 0) is 0 Å². The van der Waals surface area contributed by atoms with Gasteiger partial charge in [0.25, 0.3) is 0 Å². The smallest absolute Gasteiger partial charge is 0.303 e. The molecule has 3 fully saturated rings. The van der Waals surface area contributed by atoms with E-state index in [-0.39, 0.29) is 0 Å². The van der Waals surface area contributed by atoms with Gasteiger partial charge < -0.3 is 76.7 Å². The van der Waals surface area contributed by atoms with Crippen LogP contribution in [0.1, 0.15) is 69.2 Å². The number of rotatable bonds is 17. The fraction of sp³-hybridized carbons (Fsp3) is 0.737. The quantitative estimate of drug-likeness (QED) is 0.114. The summed E-state index contributed by atoms with van der Waals surface area (Å²) in [6, 6.07) is -1.72. The molecule has 2 N–H and O–H groups in total. The number of esters is 9. The van der Waals surface area contributed by atoms with E-state index in [4.69, 9.17) is 66.3 Å². The number of carbonyl (C=O) groups is 10. The molecule has 0 spiro atoms. The minimum Gasteiger partial charge on any atom is -0.463 e. The van der Waals surface area contributed by atoms with E-state index >= 15 is 0 Å².